The third-order valence-corrected chi connectivity index (χ3v) is 6.86. The Morgan fingerprint density at radius 2 is 1.96 bits per heavy atom. The van der Waals surface area contributed by atoms with E-state index in [1.54, 1.807) is 23.5 Å². The van der Waals surface area contributed by atoms with Crippen molar-refractivity contribution in [1.29, 1.82) is 0 Å². The Kier molecular flexibility index (Phi) is 7.72. The van der Waals surface area contributed by atoms with Crippen molar-refractivity contribution in [1.82, 2.24) is 14.9 Å². The number of piperidine rings is 1. The minimum Gasteiger partial charge on any atom is -0.353 e. The highest BCUT2D eigenvalue weighted by Gasteiger charge is 2.33. The smallest absolute Gasteiger partial charge is 0.243 e. The molecule has 2 aliphatic rings. The molecule has 1 aliphatic carbocycles. The number of aliphatic imine (C=N–C) groups is 1. The maximum Gasteiger partial charge on any atom is 0.243 e. The Hall–Kier alpha value is -0.870. The van der Waals surface area contributed by atoms with Crippen molar-refractivity contribution in [2.24, 2.45) is 10.9 Å². The van der Waals surface area contributed by atoms with E-state index < -0.39 is 10.0 Å². The van der Waals surface area contributed by atoms with E-state index >= 15 is 0 Å². The molecule has 2 N–H and O–H groups in total. The lowest BCUT2D eigenvalue weighted by Gasteiger charge is -2.26. The van der Waals surface area contributed by atoms with Crippen molar-refractivity contribution in [3.05, 3.63) is 29.8 Å². The van der Waals surface area contributed by atoms with Crippen molar-refractivity contribution in [3.63, 3.8) is 0 Å². The molecule has 1 aliphatic heterocycles. The number of benzene rings is 1. The van der Waals surface area contributed by atoms with Gasteiger partial charge in [0, 0.05) is 32.7 Å². The lowest BCUT2D eigenvalue weighted by molar-refractivity contribution is 0.346. The molecule has 0 bridgehead atoms. The van der Waals surface area contributed by atoms with Crippen LogP contribution in [0.5, 0.6) is 0 Å². The molecule has 1 saturated carbocycles. The molecule has 2 fully saturated rings. The number of hydrogen-bond acceptors (Lipinski definition) is 3. The molecular formula is C18H29IN4O2S. The fourth-order valence-electron chi connectivity index (χ4n) is 3.15. The molecule has 2 atom stereocenters. The summed E-state index contributed by atoms with van der Waals surface area (Å²) >= 11 is 0. The molecule has 26 heavy (non-hydrogen) atoms. The SMILES string of the molecule is CN=C(NCc1cccc(S(=O)(=O)N2CCCCC2)c1)NC1CC1C.I. The summed E-state index contributed by atoms with van der Waals surface area (Å²) < 4.78 is 27.2. The van der Waals surface area contributed by atoms with Gasteiger partial charge in [0.25, 0.3) is 0 Å². The molecule has 1 heterocycles. The second kappa shape index (κ2) is 9.36. The third kappa shape index (κ3) is 5.32. The van der Waals surface area contributed by atoms with E-state index in [0.717, 1.165) is 30.8 Å². The summed E-state index contributed by atoms with van der Waals surface area (Å²) in [4.78, 5) is 4.61. The van der Waals surface area contributed by atoms with Crippen LogP contribution in [0, 0.1) is 5.92 Å². The minimum absolute atomic E-state index is 0. The number of guanidine groups is 1. The molecular weight excluding hydrogens is 463 g/mol. The van der Waals surface area contributed by atoms with Crippen LogP contribution in [0.2, 0.25) is 0 Å². The molecule has 3 rings (SSSR count). The molecule has 1 saturated heterocycles. The highest BCUT2D eigenvalue weighted by molar-refractivity contribution is 14.0. The molecule has 1 aromatic carbocycles. The second-order valence-corrected chi connectivity index (χ2v) is 8.94. The first-order valence-electron chi connectivity index (χ1n) is 9.07. The molecule has 146 valence electrons. The van der Waals surface area contributed by atoms with Gasteiger partial charge in [0.15, 0.2) is 5.96 Å². The summed E-state index contributed by atoms with van der Waals surface area (Å²) in [5.41, 5.74) is 0.935. The van der Waals surface area contributed by atoms with Crippen LogP contribution in [0.3, 0.4) is 0 Å². The molecule has 1 aromatic rings. The van der Waals surface area contributed by atoms with Gasteiger partial charge in [-0.2, -0.15) is 4.31 Å². The molecule has 0 spiro atoms. The molecule has 8 heteroatoms. The van der Waals surface area contributed by atoms with E-state index in [-0.39, 0.29) is 24.0 Å². The van der Waals surface area contributed by atoms with Gasteiger partial charge in [-0.05, 0) is 42.9 Å². The largest absolute Gasteiger partial charge is 0.353 e. The summed E-state index contributed by atoms with van der Waals surface area (Å²) in [5, 5.41) is 6.64. The van der Waals surface area contributed by atoms with Gasteiger partial charge in [-0.3, -0.25) is 4.99 Å². The van der Waals surface area contributed by atoms with Gasteiger partial charge in [-0.1, -0.05) is 25.5 Å². The standard InChI is InChI=1S/C18H28N4O2S.HI/c1-14-11-17(14)21-18(19-2)20-13-15-7-6-8-16(12-15)25(23,24)22-9-4-3-5-10-22;/h6-8,12,14,17H,3-5,9-11,13H2,1-2H3,(H2,19,20,21);1H. The van der Waals surface area contributed by atoms with Gasteiger partial charge in [0.1, 0.15) is 0 Å². The zero-order valence-electron chi connectivity index (χ0n) is 15.4. The van der Waals surface area contributed by atoms with E-state index in [4.69, 9.17) is 0 Å². The number of nitrogens with zero attached hydrogens (tertiary/aromatic N) is 2. The summed E-state index contributed by atoms with van der Waals surface area (Å²) in [6, 6.07) is 7.70. The van der Waals surface area contributed by atoms with Crippen LogP contribution in [0.15, 0.2) is 34.2 Å². The Balaban J connectivity index is 0.00000243. The summed E-state index contributed by atoms with van der Waals surface area (Å²) in [6.45, 7) is 4.01. The fraction of sp³-hybridized carbons (Fsp3) is 0.611. The Bertz CT molecular complexity index is 732. The first kappa shape index (κ1) is 21.4. The normalized spacial score (nSPS) is 23.8. The first-order valence-corrected chi connectivity index (χ1v) is 10.5. The van der Waals surface area contributed by atoms with E-state index in [2.05, 4.69) is 22.5 Å². The number of sulfonamides is 1. The fourth-order valence-corrected chi connectivity index (χ4v) is 4.74. The van der Waals surface area contributed by atoms with Crippen molar-refractivity contribution < 1.29 is 8.42 Å². The predicted octanol–water partition coefficient (Wildman–Crippen LogP) is 2.55. The van der Waals surface area contributed by atoms with Crippen LogP contribution >= 0.6 is 24.0 Å². The third-order valence-electron chi connectivity index (χ3n) is 4.97. The van der Waals surface area contributed by atoms with Crippen molar-refractivity contribution in [3.8, 4) is 0 Å². The first-order chi connectivity index (χ1) is 12.0. The summed E-state index contributed by atoms with van der Waals surface area (Å²) in [6.07, 6.45) is 4.18. The van der Waals surface area contributed by atoms with Crippen LogP contribution in [0.4, 0.5) is 0 Å². The highest BCUT2D eigenvalue weighted by Crippen LogP contribution is 2.28. The van der Waals surface area contributed by atoms with E-state index in [1.807, 2.05) is 12.1 Å². The summed E-state index contributed by atoms with van der Waals surface area (Å²) in [7, 11) is -1.64. The van der Waals surface area contributed by atoms with Crippen LogP contribution in [0.1, 0.15) is 38.2 Å². The Morgan fingerprint density at radius 1 is 1.27 bits per heavy atom. The van der Waals surface area contributed by atoms with Gasteiger partial charge in [-0.25, -0.2) is 8.42 Å². The van der Waals surface area contributed by atoms with Gasteiger partial charge >= 0.3 is 0 Å². The maximum absolute atomic E-state index is 12.8. The molecule has 0 amide bonds. The highest BCUT2D eigenvalue weighted by atomic mass is 127. The number of nitrogens with one attached hydrogen (secondary N) is 2. The maximum atomic E-state index is 12.8. The molecule has 2 unspecified atom stereocenters. The van der Waals surface area contributed by atoms with E-state index in [1.165, 1.54) is 6.42 Å². The van der Waals surface area contributed by atoms with Gasteiger partial charge in [-0.15, -0.1) is 24.0 Å². The quantitative estimate of drug-likeness (QED) is 0.377. The second-order valence-electron chi connectivity index (χ2n) is 7.00. The Morgan fingerprint density at radius 3 is 2.58 bits per heavy atom. The topological polar surface area (TPSA) is 73.8 Å². The Labute approximate surface area is 173 Å². The number of hydrogen-bond donors (Lipinski definition) is 2. The zero-order chi connectivity index (χ0) is 17.9. The van der Waals surface area contributed by atoms with Crippen molar-refractivity contribution in [2.75, 3.05) is 20.1 Å². The van der Waals surface area contributed by atoms with Gasteiger partial charge in [0.2, 0.25) is 10.0 Å². The van der Waals surface area contributed by atoms with Gasteiger partial charge in [0.05, 0.1) is 4.90 Å². The lowest BCUT2D eigenvalue weighted by Crippen LogP contribution is -2.38. The molecule has 0 radical (unpaired) electrons. The van der Waals surface area contributed by atoms with Crippen LogP contribution in [-0.4, -0.2) is 44.9 Å². The van der Waals surface area contributed by atoms with Crippen molar-refractivity contribution >= 4 is 40.0 Å². The lowest BCUT2D eigenvalue weighted by atomic mass is 10.2. The predicted molar refractivity (Wildman–Crippen MR) is 115 cm³/mol. The summed E-state index contributed by atoms with van der Waals surface area (Å²) in [5.74, 6) is 1.45. The van der Waals surface area contributed by atoms with Crippen LogP contribution < -0.4 is 10.6 Å². The minimum atomic E-state index is -3.39. The molecule has 0 aromatic heterocycles. The number of rotatable bonds is 5. The van der Waals surface area contributed by atoms with Crippen LogP contribution in [-0.2, 0) is 16.6 Å². The van der Waals surface area contributed by atoms with E-state index in [9.17, 15) is 8.42 Å². The van der Waals surface area contributed by atoms with E-state index in [0.29, 0.717) is 36.5 Å². The molecule has 6 nitrogen and oxygen atoms in total. The van der Waals surface area contributed by atoms with Crippen LogP contribution in [0.25, 0.3) is 0 Å². The average Bonchev–Trinajstić information content (AvgIpc) is 3.34. The zero-order valence-corrected chi connectivity index (χ0v) is 18.6. The van der Waals surface area contributed by atoms with Gasteiger partial charge < -0.3 is 10.6 Å². The monoisotopic (exact) mass is 492 g/mol. The average molecular weight is 492 g/mol. The number of halogens is 1. The van der Waals surface area contributed by atoms with Crippen molar-refractivity contribution in [2.45, 2.75) is 50.1 Å².